The van der Waals surface area contributed by atoms with E-state index in [1.807, 2.05) is 0 Å². The summed E-state index contributed by atoms with van der Waals surface area (Å²) >= 11 is 0. The largest absolute Gasteiger partial charge is 0.462 e. The number of carbonyl (C=O) groups is 3. The molecule has 0 aromatic rings. The van der Waals surface area contributed by atoms with Gasteiger partial charge in [0, 0.05) is 31.1 Å². The summed E-state index contributed by atoms with van der Waals surface area (Å²) in [6, 6.07) is 0. The molecule has 0 radical (unpaired) electrons. The molecule has 38 heteroatoms. The van der Waals surface area contributed by atoms with Gasteiger partial charge < -0.3 is 39.4 Å². The molecule has 1 heterocycles. The molecule has 0 aromatic carbocycles. The summed E-state index contributed by atoms with van der Waals surface area (Å²) in [7, 11) is 0. The Balaban J connectivity index is 0.00000112. The molecule has 1 saturated heterocycles. The van der Waals surface area contributed by atoms with Gasteiger partial charge in [0.15, 0.2) is 0 Å². The molecule has 0 spiro atoms. The van der Waals surface area contributed by atoms with Gasteiger partial charge in [0.05, 0.1) is 6.61 Å². The van der Waals surface area contributed by atoms with Crippen LogP contribution in [0.3, 0.4) is 0 Å². The van der Waals surface area contributed by atoms with E-state index in [1.165, 1.54) is 13.8 Å². The Morgan fingerprint density at radius 1 is 0.581 bits per heavy atom. The van der Waals surface area contributed by atoms with E-state index in [0.717, 1.165) is 0 Å². The van der Waals surface area contributed by atoms with E-state index in [1.54, 1.807) is 6.92 Å². The van der Waals surface area contributed by atoms with Crippen LogP contribution in [0.2, 0.25) is 0 Å². The van der Waals surface area contributed by atoms with Crippen LogP contribution in [0.25, 0.3) is 0 Å². The molecule has 440 valence electrons. The number of alkyl halides is 27. The average molecular weight is 1160 g/mol. The van der Waals surface area contributed by atoms with Gasteiger partial charge in [-0.2, -0.15) is 110 Å². The van der Waals surface area contributed by atoms with Crippen molar-refractivity contribution in [2.24, 2.45) is 11.8 Å². The Hall–Kier alpha value is -3.68. The Kier molecular flexibility index (Phi) is 22.0. The van der Waals surface area contributed by atoms with Crippen LogP contribution in [-0.4, -0.2) is 147 Å². The third-order valence-electron chi connectivity index (χ3n) is 10.7. The third-order valence-corrected chi connectivity index (χ3v) is 10.7. The molecule has 1 saturated carbocycles. The van der Waals surface area contributed by atoms with E-state index in [-0.39, 0.29) is 25.7 Å². The van der Waals surface area contributed by atoms with Crippen molar-refractivity contribution in [1.29, 1.82) is 0 Å². The lowest BCUT2D eigenvalue weighted by Crippen LogP contribution is -2.70. The molecular formula is C36H41F27O11. The fourth-order valence-electron chi connectivity index (χ4n) is 6.78. The molecule has 1 aliphatic carbocycles. The Morgan fingerprint density at radius 2 is 0.932 bits per heavy atom. The lowest BCUT2D eigenvalue weighted by atomic mass is 9.65. The van der Waals surface area contributed by atoms with Gasteiger partial charge in [0.25, 0.3) is 29.3 Å². The van der Waals surface area contributed by atoms with E-state index in [0.29, 0.717) is 6.92 Å². The van der Waals surface area contributed by atoms with Gasteiger partial charge in [-0.1, -0.05) is 20.8 Å². The number of hydrogen-bond acceptors (Lipinski definition) is 11. The molecule has 2 rings (SSSR count). The van der Waals surface area contributed by atoms with Gasteiger partial charge in [-0.25, -0.2) is 8.78 Å². The first-order chi connectivity index (χ1) is 32.5. The zero-order chi connectivity index (χ0) is 59.5. The molecule has 2 aliphatic rings. The second kappa shape index (κ2) is 23.1. The summed E-state index contributed by atoms with van der Waals surface area (Å²) < 4.78 is 366. The van der Waals surface area contributed by atoms with E-state index in [9.17, 15) is 143 Å². The maximum absolute atomic E-state index is 13.8. The van der Waals surface area contributed by atoms with Crippen LogP contribution in [0.4, 0.5) is 119 Å². The molecule has 6 atom stereocenters. The van der Waals surface area contributed by atoms with Crippen LogP contribution in [0.1, 0.15) is 85.5 Å². The molecular weight excluding hydrogens is 1120 g/mol. The van der Waals surface area contributed by atoms with Crippen LogP contribution in [0, 0.1) is 11.8 Å². The Labute approximate surface area is 396 Å². The van der Waals surface area contributed by atoms with E-state index >= 15 is 0 Å². The van der Waals surface area contributed by atoms with Crippen molar-refractivity contribution in [2.75, 3.05) is 6.61 Å². The quantitative estimate of drug-likeness (QED) is 0.0742. The van der Waals surface area contributed by atoms with Gasteiger partial charge >= 0.3 is 78.8 Å². The van der Waals surface area contributed by atoms with Gasteiger partial charge in [0.2, 0.25) is 5.60 Å². The lowest BCUT2D eigenvalue weighted by molar-refractivity contribution is -0.409. The summed E-state index contributed by atoms with van der Waals surface area (Å²) in [6.45, 7) is 3.48. The normalized spacial score (nSPS) is 24.9. The minimum absolute atomic E-state index is 0.0302. The highest BCUT2D eigenvalue weighted by molar-refractivity contribution is 5.70. The van der Waals surface area contributed by atoms with Crippen molar-refractivity contribution in [1.82, 2.24) is 0 Å². The molecule has 4 N–H and O–H groups in total. The van der Waals surface area contributed by atoms with Crippen molar-refractivity contribution < 1.29 is 172 Å². The summed E-state index contributed by atoms with van der Waals surface area (Å²) in [5.41, 5.74) is -20.7. The van der Waals surface area contributed by atoms with E-state index < -0.39 is 170 Å². The lowest BCUT2D eigenvalue weighted by Gasteiger charge is -2.48. The van der Waals surface area contributed by atoms with Crippen LogP contribution in [-0.2, 0) is 33.3 Å². The average Bonchev–Trinajstić information content (AvgIpc) is 3.36. The zero-order valence-electron chi connectivity index (χ0n) is 37.3. The monoisotopic (exact) mass is 1160 g/mol. The van der Waals surface area contributed by atoms with Gasteiger partial charge in [-0.15, -0.1) is 0 Å². The second-order valence-corrected chi connectivity index (χ2v) is 16.3. The van der Waals surface area contributed by atoms with E-state index in [4.69, 9.17) is 10.2 Å². The highest BCUT2D eigenvalue weighted by atomic mass is 19.4. The molecule has 1 aliphatic heterocycles. The third kappa shape index (κ3) is 14.1. The standard InChI is InChI=1S/C16H18F12O4.C10H10F10O3.C10H13F5O4/c1-2-3-10(29)32-9-5-7(11(30,13(17,18)19)14(20,21)22)4-8(6-9)12(31,15(23,24)25)16(26,27)28;1-2-3-4(21)23-5(9(15,16)17)8(13,14)7(22,6(11)12)10(18,19)20;1-3-4-6(16)19-7(2)5-18-9(17,8(7,11)12)10(13,14)15/h7-9,30-31H,2-6H2,1H3;5-6,22H,2-3H2,1H3;17H,3-5H2,1-2H3. The topological polar surface area (TPSA) is 169 Å². The van der Waals surface area contributed by atoms with Crippen LogP contribution in [0.5, 0.6) is 0 Å². The molecule has 0 aromatic heterocycles. The SMILES string of the molecule is CCCC(=O)OC(C(F)(F)F)C(F)(F)C(O)(C(F)F)C(F)(F)F.CCCC(=O)OC1(C)COC(O)(C(F)(F)F)C1(F)F.CCCC(=O)OC1CC(C(O)(C(F)(F)F)C(F)(F)F)CC(C(O)(C(F)(F)F)C(F)(F)F)C1. The van der Waals surface area contributed by atoms with Crippen molar-refractivity contribution in [3.63, 3.8) is 0 Å². The van der Waals surface area contributed by atoms with Crippen molar-refractivity contribution in [3.8, 4) is 0 Å². The number of rotatable bonds is 14. The van der Waals surface area contributed by atoms with Gasteiger partial charge in [-0.3, -0.25) is 14.4 Å². The van der Waals surface area contributed by atoms with Crippen LogP contribution >= 0.6 is 0 Å². The highest BCUT2D eigenvalue weighted by Gasteiger charge is 2.84. The summed E-state index contributed by atoms with van der Waals surface area (Å²) in [5.74, 6) is -27.2. The van der Waals surface area contributed by atoms with Gasteiger partial charge in [-0.05, 0) is 45.4 Å². The maximum Gasteiger partial charge on any atom is 0.449 e. The molecule has 74 heavy (non-hydrogen) atoms. The predicted octanol–water partition coefficient (Wildman–Crippen LogP) is 10.3. The molecule has 0 bridgehead atoms. The molecule has 2 fully saturated rings. The molecule has 6 unspecified atom stereocenters. The fraction of sp³-hybridized carbons (Fsp3) is 0.917. The highest BCUT2D eigenvalue weighted by Crippen LogP contribution is 2.59. The number of aliphatic hydroxyl groups is 4. The zero-order valence-corrected chi connectivity index (χ0v) is 37.3. The minimum atomic E-state index is -6.84. The van der Waals surface area contributed by atoms with Crippen molar-refractivity contribution >= 4 is 17.9 Å². The maximum atomic E-state index is 13.8. The summed E-state index contributed by atoms with van der Waals surface area (Å²) in [4.78, 5) is 33.6. The molecule has 0 amide bonds. The number of carbonyl (C=O) groups excluding carboxylic acids is 3. The number of halogens is 27. The number of hydrogen-bond donors (Lipinski definition) is 4. The summed E-state index contributed by atoms with van der Waals surface area (Å²) in [6.07, 6.45) is -64.5. The number of esters is 3. The minimum Gasteiger partial charge on any atom is -0.462 e. The Bertz CT molecular complexity index is 1780. The fourth-order valence-corrected chi connectivity index (χ4v) is 6.78. The van der Waals surface area contributed by atoms with Crippen molar-refractivity contribution in [3.05, 3.63) is 0 Å². The Morgan fingerprint density at radius 3 is 1.22 bits per heavy atom. The van der Waals surface area contributed by atoms with Crippen LogP contribution < -0.4 is 0 Å². The van der Waals surface area contributed by atoms with Gasteiger partial charge in [0.1, 0.15) is 6.10 Å². The summed E-state index contributed by atoms with van der Waals surface area (Å²) in [5, 5.41) is 36.7. The second-order valence-electron chi connectivity index (χ2n) is 16.3. The number of ether oxygens (including phenoxy) is 4. The predicted molar refractivity (Wildman–Crippen MR) is 184 cm³/mol. The first kappa shape index (κ1) is 70.3. The van der Waals surface area contributed by atoms with Crippen molar-refractivity contribution in [2.45, 2.75) is 187 Å². The molecule has 11 nitrogen and oxygen atoms in total. The first-order valence-corrected chi connectivity index (χ1v) is 20.1. The van der Waals surface area contributed by atoms with Crippen LogP contribution in [0.15, 0.2) is 0 Å². The smallest absolute Gasteiger partial charge is 0.449 e. The van der Waals surface area contributed by atoms with E-state index in [2.05, 4.69) is 18.9 Å². The first-order valence-electron chi connectivity index (χ1n) is 20.1.